The zero-order valence-electron chi connectivity index (χ0n) is 10.7. The summed E-state index contributed by atoms with van der Waals surface area (Å²) in [6, 6.07) is 3.81. The van der Waals surface area contributed by atoms with E-state index >= 15 is 0 Å². The SMILES string of the molecule is Clc1ccc(CN2CCC3(CCCC3)CC2)nn1. The fourth-order valence-electron chi connectivity index (χ4n) is 3.47. The summed E-state index contributed by atoms with van der Waals surface area (Å²) in [6.45, 7) is 3.34. The number of likely N-dealkylation sites (tertiary alicyclic amines) is 1. The largest absolute Gasteiger partial charge is 0.297 e. The molecule has 3 rings (SSSR count). The average molecular weight is 266 g/mol. The van der Waals surface area contributed by atoms with Crippen molar-refractivity contribution in [3.8, 4) is 0 Å². The molecule has 2 fully saturated rings. The number of nitrogens with zero attached hydrogens (tertiary/aromatic N) is 3. The van der Waals surface area contributed by atoms with E-state index in [1.807, 2.05) is 12.1 Å². The van der Waals surface area contributed by atoms with Gasteiger partial charge in [-0.3, -0.25) is 4.90 Å². The molecule has 0 radical (unpaired) electrons. The summed E-state index contributed by atoms with van der Waals surface area (Å²) in [7, 11) is 0. The molecule has 18 heavy (non-hydrogen) atoms. The van der Waals surface area contributed by atoms with Gasteiger partial charge in [0.05, 0.1) is 5.69 Å². The molecule has 0 bridgehead atoms. The predicted molar refractivity (Wildman–Crippen MR) is 72.5 cm³/mol. The zero-order chi connectivity index (χ0) is 12.4. The maximum absolute atomic E-state index is 5.75. The molecule has 2 aliphatic rings. The van der Waals surface area contributed by atoms with Gasteiger partial charge in [0.2, 0.25) is 0 Å². The number of halogens is 1. The van der Waals surface area contributed by atoms with Crippen LogP contribution >= 0.6 is 11.6 Å². The van der Waals surface area contributed by atoms with Crippen molar-refractivity contribution >= 4 is 11.6 Å². The second-order valence-electron chi connectivity index (χ2n) is 5.83. The van der Waals surface area contributed by atoms with Gasteiger partial charge in [0.1, 0.15) is 0 Å². The lowest BCUT2D eigenvalue weighted by Gasteiger charge is -2.39. The molecule has 0 N–H and O–H groups in total. The highest BCUT2D eigenvalue weighted by atomic mass is 35.5. The summed E-state index contributed by atoms with van der Waals surface area (Å²) in [5.41, 5.74) is 1.73. The second-order valence-corrected chi connectivity index (χ2v) is 6.22. The molecule has 0 unspecified atom stereocenters. The minimum absolute atomic E-state index is 0.474. The van der Waals surface area contributed by atoms with Crippen molar-refractivity contribution in [1.82, 2.24) is 15.1 Å². The fraction of sp³-hybridized carbons (Fsp3) is 0.714. The van der Waals surface area contributed by atoms with Crippen molar-refractivity contribution in [2.45, 2.75) is 45.1 Å². The number of rotatable bonds is 2. The fourth-order valence-corrected chi connectivity index (χ4v) is 3.57. The number of piperidine rings is 1. The van der Waals surface area contributed by atoms with Crippen LogP contribution in [0.1, 0.15) is 44.2 Å². The van der Waals surface area contributed by atoms with Gasteiger partial charge in [-0.1, -0.05) is 24.4 Å². The van der Waals surface area contributed by atoms with Crippen molar-refractivity contribution in [2.24, 2.45) is 5.41 Å². The third-order valence-corrected chi connectivity index (χ3v) is 4.86. The molecule has 0 atom stereocenters. The standard InChI is InChI=1S/C14H20ClN3/c15-13-4-3-12(16-17-13)11-18-9-7-14(8-10-18)5-1-2-6-14/h3-4H,1-2,5-11H2. The molecule has 1 aliphatic carbocycles. The predicted octanol–water partition coefficient (Wildman–Crippen LogP) is 3.29. The molecule has 1 aromatic heterocycles. The Morgan fingerprint density at radius 3 is 2.39 bits per heavy atom. The van der Waals surface area contributed by atoms with E-state index < -0.39 is 0 Å². The molecular weight excluding hydrogens is 246 g/mol. The molecule has 4 heteroatoms. The van der Waals surface area contributed by atoms with Gasteiger partial charge in [-0.25, -0.2) is 0 Å². The third-order valence-electron chi connectivity index (χ3n) is 4.65. The first kappa shape index (κ1) is 12.4. The van der Waals surface area contributed by atoms with Crippen LogP contribution in [0.15, 0.2) is 12.1 Å². The molecule has 1 spiro atoms. The normalized spacial score (nSPS) is 23.6. The molecule has 98 valence electrons. The van der Waals surface area contributed by atoms with Gasteiger partial charge in [0.15, 0.2) is 5.15 Å². The van der Waals surface area contributed by atoms with Crippen LogP contribution in [0.5, 0.6) is 0 Å². The van der Waals surface area contributed by atoms with E-state index in [2.05, 4.69) is 15.1 Å². The van der Waals surface area contributed by atoms with Gasteiger partial charge in [0.25, 0.3) is 0 Å². The Morgan fingerprint density at radius 1 is 1.06 bits per heavy atom. The van der Waals surface area contributed by atoms with E-state index in [4.69, 9.17) is 11.6 Å². The van der Waals surface area contributed by atoms with E-state index in [0.29, 0.717) is 10.6 Å². The van der Waals surface area contributed by atoms with E-state index in [-0.39, 0.29) is 0 Å². The summed E-state index contributed by atoms with van der Waals surface area (Å²) >= 11 is 5.75. The Balaban J connectivity index is 1.55. The van der Waals surface area contributed by atoms with Crippen LogP contribution in [0.2, 0.25) is 5.15 Å². The maximum atomic E-state index is 5.75. The highest BCUT2D eigenvalue weighted by molar-refractivity contribution is 6.29. The molecule has 0 amide bonds. The lowest BCUT2D eigenvalue weighted by atomic mass is 9.77. The Hall–Kier alpha value is -0.670. The van der Waals surface area contributed by atoms with E-state index in [1.54, 1.807) is 0 Å². The lowest BCUT2D eigenvalue weighted by Crippen LogP contribution is -2.38. The lowest BCUT2D eigenvalue weighted by molar-refractivity contribution is 0.102. The van der Waals surface area contributed by atoms with E-state index in [0.717, 1.165) is 12.2 Å². The summed E-state index contributed by atoms with van der Waals surface area (Å²) in [5, 5.41) is 8.52. The number of aromatic nitrogens is 2. The second kappa shape index (κ2) is 5.14. The summed E-state index contributed by atoms with van der Waals surface area (Å²) in [6.07, 6.45) is 8.55. The van der Waals surface area contributed by atoms with Crippen LogP contribution < -0.4 is 0 Å². The molecule has 1 saturated heterocycles. The topological polar surface area (TPSA) is 29.0 Å². The van der Waals surface area contributed by atoms with Gasteiger partial charge >= 0.3 is 0 Å². The summed E-state index contributed by atoms with van der Waals surface area (Å²) < 4.78 is 0. The Morgan fingerprint density at radius 2 is 1.78 bits per heavy atom. The third kappa shape index (κ3) is 2.67. The van der Waals surface area contributed by atoms with Crippen LogP contribution in [0.25, 0.3) is 0 Å². The van der Waals surface area contributed by atoms with Gasteiger partial charge in [-0.05, 0) is 56.3 Å². The molecule has 1 saturated carbocycles. The molecular formula is C14H20ClN3. The van der Waals surface area contributed by atoms with Crippen molar-refractivity contribution in [3.05, 3.63) is 23.0 Å². The van der Waals surface area contributed by atoms with Crippen LogP contribution in [0, 0.1) is 5.41 Å². The molecule has 3 nitrogen and oxygen atoms in total. The number of hydrogen-bond donors (Lipinski definition) is 0. The van der Waals surface area contributed by atoms with Crippen molar-refractivity contribution in [1.29, 1.82) is 0 Å². The minimum atomic E-state index is 0.474. The zero-order valence-corrected chi connectivity index (χ0v) is 11.5. The average Bonchev–Trinajstić information content (AvgIpc) is 2.84. The monoisotopic (exact) mass is 265 g/mol. The van der Waals surface area contributed by atoms with Crippen LogP contribution in [-0.2, 0) is 6.54 Å². The van der Waals surface area contributed by atoms with Crippen LogP contribution in [0.3, 0.4) is 0 Å². The smallest absolute Gasteiger partial charge is 0.151 e. The van der Waals surface area contributed by atoms with Gasteiger partial charge < -0.3 is 0 Å². The van der Waals surface area contributed by atoms with Crippen LogP contribution in [0.4, 0.5) is 0 Å². The van der Waals surface area contributed by atoms with Gasteiger partial charge in [-0.2, -0.15) is 5.10 Å². The first-order chi connectivity index (χ1) is 8.76. The summed E-state index contributed by atoms with van der Waals surface area (Å²) in [4.78, 5) is 2.50. The Labute approximate surface area is 114 Å². The van der Waals surface area contributed by atoms with Crippen molar-refractivity contribution < 1.29 is 0 Å². The molecule has 1 aromatic rings. The minimum Gasteiger partial charge on any atom is -0.297 e. The van der Waals surface area contributed by atoms with Crippen LogP contribution in [-0.4, -0.2) is 28.2 Å². The van der Waals surface area contributed by atoms with E-state index in [1.165, 1.54) is 51.6 Å². The van der Waals surface area contributed by atoms with Gasteiger partial charge in [0, 0.05) is 6.54 Å². The maximum Gasteiger partial charge on any atom is 0.151 e. The molecule has 0 aromatic carbocycles. The van der Waals surface area contributed by atoms with Crippen molar-refractivity contribution in [2.75, 3.05) is 13.1 Å². The van der Waals surface area contributed by atoms with Gasteiger partial charge in [-0.15, -0.1) is 5.10 Å². The molecule has 2 heterocycles. The Bertz CT molecular complexity index is 388. The highest BCUT2D eigenvalue weighted by Gasteiger charge is 2.36. The highest BCUT2D eigenvalue weighted by Crippen LogP contribution is 2.46. The van der Waals surface area contributed by atoms with Crippen molar-refractivity contribution in [3.63, 3.8) is 0 Å². The first-order valence-corrected chi connectivity index (χ1v) is 7.34. The molecule has 1 aliphatic heterocycles. The Kier molecular flexibility index (Phi) is 3.53. The summed E-state index contributed by atoms with van der Waals surface area (Å²) in [5.74, 6) is 0. The number of hydrogen-bond acceptors (Lipinski definition) is 3. The van der Waals surface area contributed by atoms with E-state index in [9.17, 15) is 0 Å². The quantitative estimate of drug-likeness (QED) is 0.822. The first-order valence-electron chi connectivity index (χ1n) is 6.96.